The highest BCUT2D eigenvalue weighted by Gasteiger charge is 2.25. The van der Waals surface area contributed by atoms with E-state index in [2.05, 4.69) is 39.8 Å². The summed E-state index contributed by atoms with van der Waals surface area (Å²) in [4.78, 5) is 15.6. The smallest absolute Gasteiger partial charge is 0.336 e. The molecule has 1 unspecified atom stereocenters. The zero-order valence-corrected chi connectivity index (χ0v) is 12.9. The summed E-state index contributed by atoms with van der Waals surface area (Å²) in [6.45, 7) is 2.07. The Bertz CT molecular complexity index is 477. The van der Waals surface area contributed by atoms with Crippen LogP contribution in [0, 0.1) is 0 Å². The lowest BCUT2D eigenvalue weighted by molar-refractivity contribution is 0.0696. The number of nitrogens with zero attached hydrogens (tertiary/aromatic N) is 2. The van der Waals surface area contributed by atoms with Crippen LogP contribution in [0.2, 0.25) is 0 Å². The Morgan fingerprint density at radius 1 is 1.53 bits per heavy atom. The standard InChI is InChI=1S/C14H19BrN2O2/c1-16(2)9-11-4-3-7-17(11)10-5-6-12(14(18)19)13(15)8-10/h5-6,8,11H,3-4,7,9H2,1-2H3,(H,18,19). The van der Waals surface area contributed by atoms with Crippen molar-refractivity contribution in [2.75, 3.05) is 32.1 Å². The minimum absolute atomic E-state index is 0.312. The molecule has 0 bridgehead atoms. The van der Waals surface area contributed by atoms with Crippen molar-refractivity contribution in [3.63, 3.8) is 0 Å². The molecule has 1 saturated heterocycles. The van der Waals surface area contributed by atoms with E-state index < -0.39 is 5.97 Å². The van der Waals surface area contributed by atoms with Gasteiger partial charge < -0.3 is 14.9 Å². The summed E-state index contributed by atoms with van der Waals surface area (Å²) >= 11 is 3.35. The number of hydrogen-bond acceptors (Lipinski definition) is 3. The maximum Gasteiger partial charge on any atom is 0.336 e. The first-order chi connectivity index (χ1) is 8.99. The topological polar surface area (TPSA) is 43.8 Å². The molecule has 0 aromatic heterocycles. The summed E-state index contributed by atoms with van der Waals surface area (Å²) in [5, 5.41) is 9.04. The number of rotatable bonds is 4. The monoisotopic (exact) mass is 326 g/mol. The van der Waals surface area contributed by atoms with Gasteiger partial charge in [0.05, 0.1) is 5.56 Å². The summed E-state index contributed by atoms with van der Waals surface area (Å²) in [6, 6.07) is 6.00. The van der Waals surface area contributed by atoms with Crippen molar-refractivity contribution in [1.82, 2.24) is 4.90 Å². The highest BCUT2D eigenvalue weighted by atomic mass is 79.9. The van der Waals surface area contributed by atoms with Crippen molar-refractivity contribution >= 4 is 27.6 Å². The second-order valence-corrected chi connectivity index (χ2v) is 6.08. The maximum atomic E-state index is 11.0. The van der Waals surface area contributed by atoms with Crippen LogP contribution in [0.15, 0.2) is 22.7 Å². The SMILES string of the molecule is CN(C)CC1CCCN1c1ccc(C(=O)O)c(Br)c1. The van der Waals surface area contributed by atoms with Crippen molar-refractivity contribution in [2.24, 2.45) is 0 Å². The molecule has 4 nitrogen and oxygen atoms in total. The molecule has 5 heteroatoms. The van der Waals surface area contributed by atoms with Crippen LogP contribution in [0.25, 0.3) is 0 Å². The third-order valence-corrected chi connectivity index (χ3v) is 4.12. The van der Waals surface area contributed by atoms with Gasteiger partial charge in [-0.2, -0.15) is 0 Å². The summed E-state index contributed by atoms with van der Waals surface area (Å²) in [5.41, 5.74) is 1.41. The van der Waals surface area contributed by atoms with E-state index in [1.165, 1.54) is 12.8 Å². The van der Waals surface area contributed by atoms with Gasteiger partial charge in [-0.25, -0.2) is 4.79 Å². The second-order valence-electron chi connectivity index (χ2n) is 5.22. The number of carboxylic acid groups (broad SMARTS) is 1. The van der Waals surface area contributed by atoms with E-state index in [1.807, 2.05) is 12.1 Å². The Morgan fingerprint density at radius 3 is 2.84 bits per heavy atom. The first kappa shape index (κ1) is 14.3. The molecule has 1 aromatic carbocycles. The Morgan fingerprint density at radius 2 is 2.26 bits per heavy atom. The predicted molar refractivity (Wildman–Crippen MR) is 80.0 cm³/mol. The van der Waals surface area contributed by atoms with E-state index >= 15 is 0 Å². The van der Waals surface area contributed by atoms with Crippen molar-refractivity contribution in [3.05, 3.63) is 28.2 Å². The Balaban J connectivity index is 2.21. The fraction of sp³-hybridized carbons (Fsp3) is 0.500. The molecular weight excluding hydrogens is 308 g/mol. The molecule has 19 heavy (non-hydrogen) atoms. The zero-order valence-electron chi connectivity index (χ0n) is 11.3. The van der Waals surface area contributed by atoms with E-state index in [4.69, 9.17) is 5.11 Å². The number of hydrogen-bond donors (Lipinski definition) is 1. The van der Waals surface area contributed by atoms with Crippen molar-refractivity contribution < 1.29 is 9.90 Å². The molecule has 1 aromatic rings. The van der Waals surface area contributed by atoms with Crippen molar-refractivity contribution in [1.29, 1.82) is 0 Å². The molecule has 1 aliphatic rings. The highest BCUT2D eigenvalue weighted by molar-refractivity contribution is 9.10. The number of carbonyl (C=O) groups is 1. The summed E-state index contributed by atoms with van der Waals surface area (Å²) in [6.07, 6.45) is 2.38. The van der Waals surface area contributed by atoms with Crippen LogP contribution in [0.4, 0.5) is 5.69 Å². The van der Waals surface area contributed by atoms with Gasteiger partial charge in [0.25, 0.3) is 0 Å². The number of anilines is 1. The van der Waals surface area contributed by atoms with E-state index in [0.29, 0.717) is 16.1 Å². The normalized spacial score (nSPS) is 19.2. The molecule has 1 aliphatic heterocycles. The van der Waals surface area contributed by atoms with Crippen LogP contribution in [0.3, 0.4) is 0 Å². The van der Waals surface area contributed by atoms with Crippen LogP contribution < -0.4 is 4.90 Å². The van der Waals surface area contributed by atoms with Crippen LogP contribution in [0.1, 0.15) is 23.2 Å². The second kappa shape index (κ2) is 5.92. The van der Waals surface area contributed by atoms with Gasteiger partial charge in [-0.15, -0.1) is 0 Å². The Kier molecular flexibility index (Phi) is 4.47. The maximum absolute atomic E-state index is 11.0. The Hall–Kier alpha value is -1.07. The van der Waals surface area contributed by atoms with E-state index in [1.54, 1.807) is 6.07 Å². The van der Waals surface area contributed by atoms with E-state index in [-0.39, 0.29) is 0 Å². The van der Waals surface area contributed by atoms with Gasteiger partial charge in [0.15, 0.2) is 0 Å². The fourth-order valence-electron chi connectivity index (χ4n) is 2.64. The molecule has 1 N–H and O–H groups in total. The van der Waals surface area contributed by atoms with Crippen LogP contribution in [-0.4, -0.2) is 49.2 Å². The molecule has 0 aliphatic carbocycles. The molecule has 1 atom stereocenters. The quantitative estimate of drug-likeness (QED) is 0.923. The fourth-order valence-corrected chi connectivity index (χ4v) is 3.18. The van der Waals surface area contributed by atoms with Gasteiger partial charge >= 0.3 is 5.97 Å². The molecule has 0 radical (unpaired) electrons. The molecule has 1 heterocycles. The highest BCUT2D eigenvalue weighted by Crippen LogP contribution is 2.29. The van der Waals surface area contributed by atoms with Crippen LogP contribution in [0.5, 0.6) is 0 Å². The number of halogens is 1. The molecule has 104 valence electrons. The van der Waals surface area contributed by atoms with Gasteiger partial charge in [0.2, 0.25) is 0 Å². The zero-order chi connectivity index (χ0) is 14.0. The Labute approximate surface area is 122 Å². The minimum Gasteiger partial charge on any atom is -0.478 e. The molecular formula is C14H19BrN2O2. The molecule has 2 rings (SSSR count). The summed E-state index contributed by atoms with van der Waals surface area (Å²) < 4.78 is 0.646. The van der Waals surface area contributed by atoms with Gasteiger partial charge in [0.1, 0.15) is 0 Å². The van der Waals surface area contributed by atoms with Gasteiger partial charge in [-0.3, -0.25) is 0 Å². The van der Waals surface area contributed by atoms with Gasteiger partial charge in [-0.1, -0.05) is 0 Å². The summed E-state index contributed by atoms with van der Waals surface area (Å²) in [5.74, 6) is -0.898. The van der Waals surface area contributed by atoms with E-state index in [0.717, 1.165) is 18.8 Å². The first-order valence-electron chi connectivity index (χ1n) is 6.43. The minimum atomic E-state index is -0.898. The van der Waals surface area contributed by atoms with Gasteiger partial charge in [0, 0.05) is 29.3 Å². The first-order valence-corrected chi connectivity index (χ1v) is 7.22. The third-order valence-electron chi connectivity index (χ3n) is 3.47. The largest absolute Gasteiger partial charge is 0.478 e. The summed E-state index contributed by atoms with van der Waals surface area (Å²) in [7, 11) is 4.17. The van der Waals surface area contributed by atoms with Crippen LogP contribution in [-0.2, 0) is 0 Å². The lowest BCUT2D eigenvalue weighted by Gasteiger charge is -2.29. The third kappa shape index (κ3) is 3.28. The van der Waals surface area contributed by atoms with E-state index in [9.17, 15) is 4.79 Å². The van der Waals surface area contributed by atoms with Crippen LogP contribution >= 0.6 is 15.9 Å². The molecule has 0 amide bonds. The molecule has 1 fully saturated rings. The van der Waals surface area contributed by atoms with Crippen molar-refractivity contribution in [2.45, 2.75) is 18.9 Å². The predicted octanol–water partition coefficient (Wildman–Crippen LogP) is 2.68. The molecule has 0 saturated carbocycles. The lowest BCUT2D eigenvalue weighted by Crippen LogP contribution is -2.37. The lowest BCUT2D eigenvalue weighted by atomic mass is 10.1. The average Bonchev–Trinajstić information content (AvgIpc) is 2.75. The average molecular weight is 327 g/mol. The number of likely N-dealkylation sites (N-methyl/N-ethyl adjacent to an activating group) is 1. The number of carboxylic acids is 1. The number of benzene rings is 1. The van der Waals surface area contributed by atoms with Crippen molar-refractivity contribution in [3.8, 4) is 0 Å². The van der Waals surface area contributed by atoms with Gasteiger partial charge in [-0.05, 0) is 61.1 Å². The molecule has 0 spiro atoms. The number of aromatic carboxylic acids is 1.